The lowest BCUT2D eigenvalue weighted by Gasteiger charge is -2.11. The molecule has 0 fully saturated rings. The summed E-state index contributed by atoms with van der Waals surface area (Å²) >= 11 is 0. The van der Waals surface area contributed by atoms with Gasteiger partial charge in [0.1, 0.15) is 11.6 Å². The van der Waals surface area contributed by atoms with E-state index in [1.165, 1.54) is 0 Å². The first-order chi connectivity index (χ1) is 10.7. The number of fused-ring (bicyclic) bond motifs is 1. The molecule has 1 heterocycles. The molecular weight excluding hydrogens is 278 g/mol. The number of aromatic amines is 1. The Bertz CT molecular complexity index is 760. The average molecular weight is 295 g/mol. The quantitative estimate of drug-likeness (QED) is 0.777. The Kier molecular flexibility index (Phi) is 3.78. The van der Waals surface area contributed by atoms with Crippen LogP contribution in [-0.4, -0.2) is 23.0 Å². The van der Waals surface area contributed by atoms with E-state index in [1.807, 2.05) is 31.2 Å². The highest BCUT2D eigenvalue weighted by molar-refractivity contribution is 5.94. The number of methoxy groups -OCH3 is 1. The van der Waals surface area contributed by atoms with Crippen LogP contribution in [-0.2, 0) is 0 Å². The van der Waals surface area contributed by atoms with E-state index in [2.05, 4.69) is 15.3 Å². The van der Waals surface area contributed by atoms with Crippen molar-refractivity contribution < 1.29 is 9.53 Å². The van der Waals surface area contributed by atoms with Gasteiger partial charge in [-0.2, -0.15) is 0 Å². The fourth-order valence-electron chi connectivity index (χ4n) is 2.27. The van der Waals surface area contributed by atoms with E-state index in [9.17, 15) is 4.79 Å². The Morgan fingerprint density at radius 2 is 1.91 bits per heavy atom. The third kappa shape index (κ3) is 2.79. The number of carbonyl (C=O) groups excluding carboxylic acids is 1. The largest absolute Gasteiger partial charge is 0.497 e. The van der Waals surface area contributed by atoms with Crippen molar-refractivity contribution in [1.29, 1.82) is 0 Å². The molecule has 0 bridgehead atoms. The third-order valence-electron chi connectivity index (χ3n) is 3.52. The summed E-state index contributed by atoms with van der Waals surface area (Å²) in [5.74, 6) is 1.32. The van der Waals surface area contributed by atoms with Crippen LogP contribution in [0.15, 0.2) is 48.5 Å². The van der Waals surface area contributed by atoms with Crippen LogP contribution in [0.1, 0.15) is 29.1 Å². The van der Waals surface area contributed by atoms with Crippen LogP contribution in [0.5, 0.6) is 5.75 Å². The van der Waals surface area contributed by atoms with Gasteiger partial charge in [-0.3, -0.25) is 4.79 Å². The van der Waals surface area contributed by atoms with Crippen molar-refractivity contribution in [2.45, 2.75) is 13.0 Å². The molecule has 0 saturated heterocycles. The highest BCUT2D eigenvalue weighted by Crippen LogP contribution is 2.17. The van der Waals surface area contributed by atoms with Gasteiger partial charge in [0.2, 0.25) is 0 Å². The molecule has 5 heteroatoms. The van der Waals surface area contributed by atoms with Gasteiger partial charge in [0.05, 0.1) is 24.2 Å². The molecule has 0 aliphatic rings. The van der Waals surface area contributed by atoms with Crippen LogP contribution in [0, 0.1) is 0 Å². The smallest absolute Gasteiger partial charge is 0.251 e. The minimum Gasteiger partial charge on any atom is -0.497 e. The molecule has 0 saturated carbocycles. The van der Waals surface area contributed by atoms with Crippen LogP contribution in [0.2, 0.25) is 0 Å². The van der Waals surface area contributed by atoms with E-state index in [0.717, 1.165) is 22.6 Å². The monoisotopic (exact) mass is 295 g/mol. The van der Waals surface area contributed by atoms with Crippen LogP contribution in [0.4, 0.5) is 0 Å². The molecule has 3 rings (SSSR count). The Morgan fingerprint density at radius 3 is 2.59 bits per heavy atom. The molecule has 2 N–H and O–H groups in total. The molecule has 0 aliphatic heterocycles. The van der Waals surface area contributed by atoms with E-state index in [-0.39, 0.29) is 11.9 Å². The summed E-state index contributed by atoms with van der Waals surface area (Å²) in [6.07, 6.45) is 0. The summed E-state index contributed by atoms with van der Waals surface area (Å²) in [6, 6.07) is 14.6. The lowest BCUT2D eigenvalue weighted by Crippen LogP contribution is -2.27. The maximum absolute atomic E-state index is 12.2. The van der Waals surface area contributed by atoms with E-state index in [4.69, 9.17) is 4.74 Å². The SMILES string of the molecule is COc1ccc(C(=O)N[C@H](C)c2nc3ccccc3[nH]2)cc1. The van der Waals surface area contributed by atoms with Gasteiger partial charge in [-0.25, -0.2) is 4.98 Å². The second-order valence-electron chi connectivity index (χ2n) is 5.06. The Hall–Kier alpha value is -2.82. The van der Waals surface area contributed by atoms with Gasteiger partial charge in [-0.15, -0.1) is 0 Å². The topological polar surface area (TPSA) is 67.0 Å². The zero-order valence-electron chi connectivity index (χ0n) is 12.5. The third-order valence-corrected chi connectivity index (χ3v) is 3.52. The van der Waals surface area contributed by atoms with E-state index < -0.39 is 0 Å². The van der Waals surface area contributed by atoms with Crippen molar-refractivity contribution >= 4 is 16.9 Å². The van der Waals surface area contributed by atoms with Crippen LogP contribution < -0.4 is 10.1 Å². The molecule has 1 atom stereocenters. The predicted molar refractivity (Wildman–Crippen MR) is 85.0 cm³/mol. The van der Waals surface area contributed by atoms with Gasteiger partial charge in [-0.1, -0.05) is 12.1 Å². The standard InChI is InChI=1S/C17H17N3O2/c1-11(16-19-14-5-3-4-6-15(14)20-16)18-17(21)12-7-9-13(22-2)10-8-12/h3-11H,1-2H3,(H,18,21)(H,19,20)/t11-/m1/s1. The van der Waals surface area contributed by atoms with Gasteiger partial charge >= 0.3 is 0 Å². The number of nitrogens with zero attached hydrogens (tertiary/aromatic N) is 1. The first kappa shape index (κ1) is 14.1. The number of hydrogen-bond donors (Lipinski definition) is 2. The zero-order valence-corrected chi connectivity index (χ0v) is 12.5. The van der Waals surface area contributed by atoms with Crippen LogP contribution in [0.25, 0.3) is 11.0 Å². The minimum atomic E-state index is -0.206. The number of carbonyl (C=O) groups is 1. The molecule has 112 valence electrons. The Morgan fingerprint density at radius 1 is 1.18 bits per heavy atom. The number of hydrogen-bond acceptors (Lipinski definition) is 3. The highest BCUT2D eigenvalue weighted by Gasteiger charge is 2.14. The number of para-hydroxylation sites is 2. The first-order valence-electron chi connectivity index (χ1n) is 7.07. The van der Waals surface area contributed by atoms with Gasteiger partial charge in [-0.05, 0) is 43.3 Å². The number of amides is 1. The highest BCUT2D eigenvalue weighted by atomic mass is 16.5. The van der Waals surface area contributed by atoms with Crippen molar-refractivity contribution in [3.05, 3.63) is 59.9 Å². The van der Waals surface area contributed by atoms with E-state index in [0.29, 0.717) is 5.56 Å². The lowest BCUT2D eigenvalue weighted by atomic mass is 10.2. The van der Waals surface area contributed by atoms with E-state index >= 15 is 0 Å². The molecule has 5 nitrogen and oxygen atoms in total. The molecule has 3 aromatic rings. The summed E-state index contributed by atoms with van der Waals surface area (Å²) < 4.78 is 5.09. The summed E-state index contributed by atoms with van der Waals surface area (Å²) in [5.41, 5.74) is 2.44. The number of aromatic nitrogens is 2. The van der Waals surface area contributed by atoms with Crippen molar-refractivity contribution in [3.63, 3.8) is 0 Å². The number of H-pyrrole nitrogens is 1. The fourth-order valence-corrected chi connectivity index (χ4v) is 2.27. The molecule has 0 radical (unpaired) electrons. The van der Waals surface area contributed by atoms with Gasteiger partial charge < -0.3 is 15.0 Å². The number of ether oxygens (including phenoxy) is 1. The lowest BCUT2D eigenvalue weighted by molar-refractivity contribution is 0.0938. The second-order valence-corrected chi connectivity index (χ2v) is 5.06. The molecule has 2 aromatic carbocycles. The van der Waals surface area contributed by atoms with Crippen molar-refractivity contribution in [3.8, 4) is 5.75 Å². The number of nitrogens with one attached hydrogen (secondary N) is 2. The molecular formula is C17H17N3O2. The van der Waals surface area contributed by atoms with Crippen molar-refractivity contribution in [2.24, 2.45) is 0 Å². The van der Waals surface area contributed by atoms with Gasteiger partial charge in [0, 0.05) is 5.56 Å². The number of benzene rings is 2. The Labute approximate surface area is 128 Å². The van der Waals surface area contributed by atoms with Crippen LogP contribution >= 0.6 is 0 Å². The molecule has 0 unspecified atom stereocenters. The summed E-state index contributed by atoms with van der Waals surface area (Å²) in [5, 5.41) is 2.94. The zero-order chi connectivity index (χ0) is 15.5. The van der Waals surface area contributed by atoms with Crippen molar-refractivity contribution in [1.82, 2.24) is 15.3 Å². The molecule has 1 aromatic heterocycles. The number of imidazole rings is 1. The van der Waals surface area contributed by atoms with E-state index in [1.54, 1.807) is 31.4 Å². The first-order valence-corrected chi connectivity index (χ1v) is 7.07. The minimum absolute atomic E-state index is 0.143. The number of rotatable bonds is 4. The molecule has 22 heavy (non-hydrogen) atoms. The average Bonchev–Trinajstić information content (AvgIpc) is 2.99. The summed E-state index contributed by atoms with van der Waals surface area (Å²) in [7, 11) is 1.60. The molecule has 0 spiro atoms. The second kappa shape index (κ2) is 5.89. The maximum Gasteiger partial charge on any atom is 0.251 e. The van der Waals surface area contributed by atoms with Crippen molar-refractivity contribution in [2.75, 3.05) is 7.11 Å². The normalized spacial score (nSPS) is 12.1. The van der Waals surface area contributed by atoms with Crippen LogP contribution in [0.3, 0.4) is 0 Å². The predicted octanol–water partition coefficient (Wildman–Crippen LogP) is 3.06. The molecule has 1 amide bonds. The summed E-state index contributed by atoms with van der Waals surface area (Å²) in [6.45, 7) is 1.90. The Balaban J connectivity index is 1.74. The maximum atomic E-state index is 12.2. The van der Waals surface area contributed by atoms with Gasteiger partial charge in [0.15, 0.2) is 0 Å². The van der Waals surface area contributed by atoms with Gasteiger partial charge in [0.25, 0.3) is 5.91 Å². The fraction of sp³-hybridized carbons (Fsp3) is 0.176. The molecule has 0 aliphatic carbocycles. The summed E-state index contributed by atoms with van der Waals surface area (Å²) in [4.78, 5) is 20.0.